The molecular weight excluding hydrogens is 272 g/mol. The first-order valence-corrected chi connectivity index (χ1v) is 7.74. The van der Waals surface area contributed by atoms with Crippen molar-refractivity contribution in [3.05, 3.63) is 0 Å². The van der Waals surface area contributed by atoms with Gasteiger partial charge in [0.15, 0.2) is 0 Å². The Morgan fingerprint density at radius 1 is 1.29 bits per heavy atom. The second kappa shape index (κ2) is 8.22. The van der Waals surface area contributed by atoms with E-state index in [0.29, 0.717) is 13.2 Å². The van der Waals surface area contributed by atoms with Crippen molar-refractivity contribution >= 4 is 12.0 Å². The van der Waals surface area contributed by atoms with Gasteiger partial charge in [0.25, 0.3) is 0 Å². The topological polar surface area (TPSA) is 70.1 Å². The van der Waals surface area contributed by atoms with E-state index in [4.69, 9.17) is 4.74 Å². The lowest BCUT2D eigenvalue weighted by atomic mass is 10.0. The van der Waals surface area contributed by atoms with Crippen molar-refractivity contribution < 1.29 is 19.4 Å². The standard InChI is InChI=1S/C15H28N2O4/c1-5-6-7-8-17(11(2)3)15(20)16(4)13-10-21-9-12(13)14(18)19/h11-13H,5-10H2,1-4H3,(H,18,19). The van der Waals surface area contributed by atoms with E-state index < -0.39 is 11.9 Å². The van der Waals surface area contributed by atoms with Crippen LogP contribution in [0.2, 0.25) is 0 Å². The Morgan fingerprint density at radius 3 is 2.48 bits per heavy atom. The highest BCUT2D eigenvalue weighted by molar-refractivity contribution is 5.77. The van der Waals surface area contributed by atoms with Gasteiger partial charge in [0, 0.05) is 19.6 Å². The molecular formula is C15H28N2O4. The molecule has 122 valence electrons. The summed E-state index contributed by atoms with van der Waals surface area (Å²) >= 11 is 0. The van der Waals surface area contributed by atoms with Crippen LogP contribution in [0.5, 0.6) is 0 Å². The first-order valence-electron chi connectivity index (χ1n) is 7.74. The van der Waals surface area contributed by atoms with Gasteiger partial charge >= 0.3 is 12.0 Å². The van der Waals surface area contributed by atoms with Crippen molar-refractivity contribution in [2.45, 2.75) is 52.1 Å². The van der Waals surface area contributed by atoms with Gasteiger partial charge in [0.2, 0.25) is 0 Å². The molecule has 0 aliphatic carbocycles. The molecule has 21 heavy (non-hydrogen) atoms. The van der Waals surface area contributed by atoms with Crippen molar-refractivity contribution in [3.63, 3.8) is 0 Å². The molecule has 1 saturated heterocycles. The largest absolute Gasteiger partial charge is 0.481 e. The molecule has 0 bridgehead atoms. The summed E-state index contributed by atoms with van der Waals surface area (Å²) in [5, 5.41) is 9.20. The summed E-state index contributed by atoms with van der Waals surface area (Å²) < 4.78 is 5.25. The van der Waals surface area contributed by atoms with Crippen molar-refractivity contribution in [1.82, 2.24) is 9.80 Å². The fourth-order valence-electron chi connectivity index (χ4n) is 2.61. The van der Waals surface area contributed by atoms with Crippen LogP contribution >= 0.6 is 0 Å². The molecule has 1 heterocycles. The average molecular weight is 300 g/mol. The van der Waals surface area contributed by atoms with Crippen molar-refractivity contribution in [1.29, 1.82) is 0 Å². The zero-order valence-electron chi connectivity index (χ0n) is 13.5. The second-order valence-corrected chi connectivity index (χ2v) is 5.94. The van der Waals surface area contributed by atoms with Crippen molar-refractivity contribution in [2.24, 2.45) is 5.92 Å². The number of hydrogen-bond acceptors (Lipinski definition) is 3. The van der Waals surface area contributed by atoms with Crippen LogP contribution in [0.25, 0.3) is 0 Å². The van der Waals surface area contributed by atoms with Crippen LogP contribution < -0.4 is 0 Å². The van der Waals surface area contributed by atoms with E-state index in [9.17, 15) is 14.7 Å². The summed E-state index contributed by atoms with van der Waals surface area (Å²) in [4.78, 5) is 27.2. The van der Waals surface area contributed by atoms with Gasteiger partial charge in [-0.25, -0.2) is 4.79 Å². The van der Waals surface area contributed by atoms with Gasteiger partial charge in [-0.05, 0) is 20.3 Å². The highest BCUT2D eigenvalue weighted by atomic mass is 16.5. The fraction of sp³-hybridized carbons (Fsp3) is 0.867. The predicted molar refractivity (Wildman–Crippen MR) is 80.3 cm³/mol. The Labute approximate surface area is 127 Å². The van der Waals surface area contributed by atoms with Gasteiger partial charge in [-0.2, -0.15) is 0 Å². The summed E-state index contributed by atoms with van der Waals surface area (Å²) in [6.45, 7) is 7.27. The average Bonchev–Trinajstić information content (AvgIpc) is 2.91. The Hall–Kier alpha value is -1.30. The maximum atomic E-state index is 12.6. The number of carbonyl (C=O) groups is 2. The first-order chi connectivity index (χ1) is 9.90. The maximum Gasteiger partial charge on any atom is 0.320 e. The third kappa shape index (κ3) is 4.59. The zero-order valence-corrected chi connectivity index (χ0v) is 13.5. The molecule has 0 aromatic heterocycles. The molecule has 1 N–H and O–H groups in total. The summed E-state index contributed by atoms with van der Waals surface area (Å²) in [7, 11) is 1.67. The molecule has 6 heteroatoms. The zero-order chi connectivity index (χ0) is 16.0. The SMILES string of the molecule is CCCCCN(C(=O)N(C)C1COCC1C(=O)O)C(C)C. The summed E-state index contributed by atoms with van der Waals surface area (Å²) in [6, 6.07) is -0.396. The third-order valence-corrected chi connectivity index (χ3v) is 4.04. The van der Waals surface area contributed by atoms with E-state index in [1.807, 2.05) is 18.7 Å². The van der Waals surface area contributed by atoms with E-state index in [-0.39, 0.29) is 24.7 Å². The minimum atomic E-state index is -0.903. The van der Waals surface area contributed by atoms with Gasteiger partial charge in [0.1, 0.15) is 5.92 Å². The lowest BCUT2D eigenvalue weighted by Gasteiger charge is -2.35. The van der Waals surface area contributed by atoms with E-state index >= 15 is 0 Å². The van der Waals surface area contributed by atoms with Gasteiger partial charge < -0.3 is 19.6 Å². The molecule has 0 saturated carbocycles. The third-order valence-electron chi connectivity index (χ3n) is 4.04. The van der Waals surface area contributed by atoms with E-state index in [0.717, 1.165) is 19.3 Å². The number of hydrogen-bond donors (Lipinski definition) is 1. The molecule has 0 aromatic rings. The number of carboxylic acid groups (broad SMARTS) is 1. The molecule has 6 nitrogen and oxygen atoms in total. The van der Waals surface area contributed by atoms with Crippen molar-refractivity contribution in [3.8, 4) is 0 Å². The highest BCUT2D eigenvalue weighted by Gasteiger charge is 2.39. The van der Waals surface area contributed by atoms with Gasteiger partial charge in [0.05, 0.1) is 19.3 Å². The number of urea groups is 1. The van der Waals surface area contributed by atoms with Crippen LogP contribution in [-0.2, 0) is 9.53 Å². The Morgan fingerprint density at radius 2 is 1.95 bits per heavy atom. The number of ether oxygens (including phenoxy) is 1. The number of nitrogens with zero attached hydrogens (tertiary/aromatic N) is 2. The molecule has 2 amide bonds. The molecule has 1 rings (SSSR count). The van der Waals surface area contributed by atoms with Gasteiger partial charge in [-0.15, -0.1) is 0 Å². The molecule has 0 radical (unpaired) electrons. The Kier molecular flexibility index (Phi) is 6.95. The molecule has 1 aliphatic heterocycles. The summed E-state index contributed by atoms with van der Waals surface area (Å²) in [6.07, 6.45) is 3.16. The number of unbranched alkanes of at least 4 members (excludes halogenated alkanes) is 2. The lowest BCUT2D eigenvalue weighted by Crippen LogP contribution is -2.52. The Bertz CT molecular complexity index is 360. The quantitative estimate of drug-likeness (QED) is 0.730. The predicted octanol–water partition coefficient (Wildman–Crippen LogP) is 2.04. The minimum absolute atomic E-state index is 0.0994. The minimum Gasteiger partial charge on any atom is -0.481 e. The molecule has 0 spiro atoms. The lowest BCUT2D eigenvalue weighted by molar-refractivity contribution is -0.142. The maximum absolute atomic E-state index is 12.6. The van der Waals surface area contributed by atoms with Crippen LogP contribution in [-0.4, -0.2) is 65.8 Å². The monoisotopic (exact) mass is 300 g/mol. The van der Waals surface area contributed by atoms with Crippen LogP contribution in [0.4, 0.5) is 4.79 Å². The van der Waals surface area contributed by atoms with Crippen molar-refractivity contribution in [2.75, 3.05) is 26.8 Å². The van der Waals surface area contributed by atoms with Crippen LogP contribution in [0, 0.1) is 5.92 Å². The van der Waals surface area contributed by atoms with Crippen LogP contribution in [0.15, 0.2) is 0 Å². The van der Waals surface area contributed by atoms with Crippen LogP contribution in [0.1, 0.15) is 40.0 Å². The number of amides is 2. The molecule has 1 fully saturated rings. The number of carboxylic acids is 1. The second-order valence-electron chi connectivity index (χ2n) is 5.94. The molecule has 0 aromatic carbocycles. The molecule has 1 aliphatic rings. The number of rotatable bonds is 7. The number of carbonyl (C=O) groups excluding carboxylic acids is 1. The summed E-state index contributed by atoms with van der Waals surface area (Å²) in [5.41, 5.74) is 0. The number of likely N-dealkylation sites (N-methyl/N-ethyl adjacent to an activating group) is 1. The molecule has 2 atom stereocenters. The van der Waals surface area contributed by atoms with Gasteiger partial charge in [-0.3, -0.25) is 4.79 Å². The molecule has 2 unspecified atom stereocenters. The van der Waals surface area contributed by atoms with E-state index in [1.54, 1.807) is 7.05 Å². The normalized spacial score (nSPS) is 21.6. The fourth-order valence-corrected chi connectivity index (χ4v) is 2.61. The number of aliphatic carboxylic acids is 1. The summed E-state index contributed by atoms with van der Waals surface area (Å²) in [5.74, 6) is -1.54. The van der Waals surface area contributed by atoms with Crippen LogP contribution in [0.3, 0.4) is 0 Å². The first kappa shape index (κ1) is 17.8. The van der Waals surface area contributed by atoms with Gasteiger partial charge in [-0.1, -0.05) is 19.8 Å². The Balaban J connectivity index is 2.71. The smallest absolute Gasteiger partial charge is 0.320 e. The highest BCUT2D eigenvalue weighted by Crippen LogP contribution is 2.21. The van der Waals surface area contributed by atoms with E-state index in [1.165, 1.54) is 4.90 Å². The van der Waals surface area contributed by atoms with E-state index in [2.05, 4.69) is 6.92 Å².